The first-order valence-electron chi connectivity index (χ1n) is 12.3. The minimum atomic E-state index is -4.20. The van der Waals surface area contributed by atoms with Gasteiger partial charge in [-0.15, -0.1) is 5.11 Å². The zero-order valence-electron chi connectivity index (χ0n) is 24.0. The van der Waals surface area contributed by atoms with Crippen molar-refractivity contribution in [2.24, 2.45) is 20.5 Å². The van der Waals surface area contributed by atoms with Crippen LogP contribution in [-0.4, -0.2) is 18.8 Å². The monoisotopic (exact) mass is 829 g/mol. The Hall–Kier alpha value is -2.36. The van der Waals surface area contributed by atoms with Crippen LogP contribution in [-0.2, 0) is 53.8 Å². The van der Waals surface area contributed by atoms with Gasteiger partial charge in [-0.1, -0.05) is 67.4 Å². The van der Waals surface area contributed by atoms with E-state index in [0.717, 1.165) is 21.9 Å². The van der Waals surface area contributed by atoms with Crippen LogP contribution in [0, 0.1) is 27.3 Å². The first-order valence-corrected chi connectivity index (χ1v) is 13.8. The van der Waals surface area contributed by atoms with Crippen molar-refractivity contribution < 1.29 is 72.5 Å². The summed E-state index contributed by atoms with van der Waals surface area (Å²) in [6.07, 6.45) is 0. The molecule has 0 aliphatic rings. The molecule has 0 saturated carbocycles. The van der Waals surface area contributed by atoms with Crippen LogP contribution in [0.4, 0.5) is 22.7 Å². The van der Waals surface area contributed by atoms with Gasteiger partial charge in [0.05, 0.1) is 16.3 Å². The zero-order chi connectivity index (χ0) is 28.2. The number of benzene rings is 5. The van der Waals surface area contributed by atoms with Gasteiger partial charge in [-0.05, 0) is 48.7 Å². The molecule has 5 rings (SSSR count). The van der Waals surface area contributed by atoms with Gasteiger partial charge in [-0.2, -0.15) is 39.1 Å². The summed E-state index contributed by atoms with van der Waals surface area (Å²) in [5.41, 5.74) is 3.33. The Morgan fingerprint density at radius 3 is 1.98 bits per heavy atom. The van der Waals surface area contributed by atoms with Crippen LogP contribution in [0.5, 0.6) is 5.75 Å². The van der Waals surface area contributed by atoms with Crippen molar-refractivity contribution in [3.05, 3.63) is 103 Å². The molecule has 0 saturated heterocycles. The topological polar surface area (TPSA) is 130 Å². The fourth-order valence-corrected chi connectivity index (χ4v) is 4.69. The SMILES string of the molecule is CC.Cc1[c-]cc2c(N=Nc3ccccc3)ccc(N=Nc3c(S(O)(O)O)cc4ccc(C)cc4c3O)c2c1.[CH3-].[W].[Y]. The number of rotatable bonds is 5. The molecule has 42 heavy (non-hydrogen) atoms. The minimum absolute atomic E-state index is 0. The van der Waals surface area contributed by atoms with Gasteiger partial charge in [0, 0.05) is 64.8 Å². The number of nitrogens with zero attached hydrogens (tertiary/aromatic N) is 4. The Morgan fingerprint density at radius 2 is 1.33 bits per heavy atom. The second kappa shape index (κ2) is 16.5. The van der Waals surface area contributed by atoms with E-state index in [-0.39, 0.29) is 77.5 Å². The average molecular weight is 829 g/mol. The van der Waals surface area contributed by atoms with Gasteiger partial charge in [0.1, 0.15) is 16.6 Å². The molecule has 0 fully saturated rings. The third kappa shape index (κ3) is 8.60. The largest absolute Gasteiger partial charge is 0.505 e. The summed E-state index contributed by atoms with van der Waals surface area (Å²) in [6, 6.07) is 26.4. The molecule has 0 aromatic heterocycles. The van der Waals surface area contributed by atoms with Gasteiger partial charge in [-0.25, -0.2) is 0 Å². The zero-order valence-corrected chi connectivity index (χ0v) is 30.6. The molecule has 0 amide bonds. The standard InChI is InChI=1S/C28H23N4O4S.C2H6.CH3.W.Y/c1-17-8-10-19-16-26(37(34,35)36)27(28(33)22(19)14-17)32-31-25-13-12-24(21-11-9-18(2)15-23(21)25)30-29-20-6-4-3-5-7-20;1-2;;;/h3-8,10-16,33-36H,1-2H3;1-2H3;1H3;;/q-1;;-1;;. The van der Waals surface area contributed by atoms with E-state index in [1.165, 1.54) is 6.07 Å². The van der Waals surface area contributed by atoms with Crippen LogP contribution in [0.1, 0.15) is 25.0 Å². The maximum atomic E-state index is 11.0. The third-order valence-corrected chi connectivity index (χ3v) is 6.74. The Labute approximate surface area is 287 Å². The number of aryl methyl sites for hydroxylation is 2. The molecule has 0 aliphatic carbocycles. The van der Waals surface area contributed by atoms with Crippen molar-refractivity contribution in [1.29, 1.82) is 0 Å². The van der Waals surface area contributed by atoms with Crippen LogP contribution in [0.15, 0.2) is 104 Å². The predicted molar refractivity (Wildman–Crippen MR) is 164 cm³/mol. The minimum Gasteiger partial charge on any atom is -0.505 e. The molecular formula is C31H32N4O4SWY-2. The predicted octanol–water partition coefficient (Wildman–Crippen LogP) is 11.0. The number of phenols is 1. The van der Waals surface area contributed by atoms with Gasteiger partial charge < -0.3 is 26.2 Å². The summed E-state index contributed by atoms with van der Waals surface area (Å²) in [5, 5.41) is 30.6. The fraction of sp³-hybridized carbons (Fsp3) is 0.129. The second-order valence-electron chi connectivity index (χ2n) is 8.60. The molecule has 0 aliphatic heterocycles. The average Bonchev–Trinajstić information content (AvgIpc) is 2.93. The normalized spacial score (nSPS) is 11.4. The number of hydrogen-bond donors (Lipinski definition) is 4. The van der Waals surface area contributed by atoms with Crippen LogP contribution in [0.2, 0.25) is 0 Å². The first-order chi connectivity index (χ1) is 18.7. The van der Waals surface area contributed by atoms with Crippen LogP contribution in [0.25, 0.3) is 21.5 Å². The van der Waals surface area contributed by atoms with Crippen molar-refractivity contribution >= 4 is 55.2 Å². The maximum Gasteiger partial charge on any atom is 0.152 e. The summed E-state index contributed by atoms with van der Waals surface area (Å²) >= 11 is 0. The first kappa shape index (κ1) is 37.7. The molecule has 0 unspecified atom stereocenters. The van der Waals surface area contributed by atoms with Crippen molar-refractivity contribution in [3.63, 3.8) is 0 Å². The molecule has 5 aromatic rings. The van der Waals surface area contributed by atoms with E-state index in [2.05, 4.69) is 26.5 Å². The van der Waals surface area contributed by atoms with Crippen molar-refractivity contribution in [1.82, 2.24) is 0 Å². The molecule has 11 heteroatoms. The van der Waals surface area contributed by atoms with E-state index in [0.29, 0.717) is 27.8 Å². The van der Waals surface area contributed by atoms with Gasteiger partial charge in [0.25, 0.3) is 0 Å². The summed E-state index contributed by atoms with van der Waals surface area (Å²) < 4.78 is 30.2. The molecule has 8 nitrogen and oxygen atoms in total. The molecule has 5 aromatic carbocycles. The van der Waals surface area contributed by atoms with Gasteiger partial charge in [0.2, 0.25) is 0 Å². The number of azo groups is 2. The van der Waals surface area contributed by atoms with Crippen molar-refractivity contribution in [2.45, 2.75) is 32.6 Å². The molecule has 0 bridgehead atoms. The molecule has 4 N–H and O–H groups in total. The van der Waals surface area contributed by atoms with Gasteiger partial charge in [-0.3, -0.25) is 0 Å². The molecule has 0 spiro atoms. The molecule has 217 valence electrons. The third-order valence-electron chi connectivity index (χ3n) is 5.84. The summed E-state index contributed by atoms with van der Waals surface area (Å²) in [4.78, 5) is -0.313. The fourth-order valence-electron chi connectivity index (χ4n) is 4.01. The summed E-state index contributed by atoms with van der Waals surface area (Å²) in [5.74, 6) is -0.309. The number of phenolic OH excluding ortho intramolecular Hbond substituents is 1. The Morgan fingerprint density at radius 1 is 0.714 bits per heavy atom. The van der Waals surface area contributed by atoms with E-state index in [4.69, 9.17) is 0 Å². The van der Waals surface area contributed by atoms with Gasteiger partial charge >= 0.3 is 0 Å². The number of hydrogen-bond acceptors (Lipinski definition) is 8. The molecule has 0 atom stereocenters. The summed E-state index contributed by atoms with van der Waals surface area (Å²) in [6.45, 7) is 7.77. The van der Waals surface area contributed by atoms with Crippen LogP contribution in [0.3, 0.4) is 0 Å². The number of fused-ring (bicyclic) bond motifs is 2. The smallest absolute Gasteiger partial charge is 0.152 e. The van der Waals surface area contributed by atoms with Crippen LogP contribution >= 0.6 is 10.9 Å². The van der Waals surface area contributed by atoms with E-state index in [1.54, 1.807) is 30.3 Å². The summed E-state index contributed by atoms with van der Waals surface area (Å²) in [7, 11) is -4.20. The molecule has 0 heterocycles. The molecule has 1 radical (unpaired) electrons. The maximum absolute atomic E-state index is 11.0. The van der Waals surface area contributed by atoms with E-state index in [1.807, 2.05) is 70.2 Å². The quantitative estimate of drug-likeness (QED) is 0.104. The Bertz CT molecular complexity index is 1710. The second-order valence-corrected chi connectivity index (χ2v) is 10.1. The Balaban J connectivity index is 0.00000173. The number of aromatic hydroxyl groups is 1. The van der Waals surface area contributed by atoms with Crippen LogP contribution < -0.4 is 0 Å². The van der Waals surface area contributed by atoms with Crippen molar-refractivity contribution in [3.8, 4) is 5.75 Å². The van der Waals surface area contributed by atoms with E-state index < -0.39 is 10.9 Å². The van der Waals surface area contributed by atoms with Crippen molar-refractivity contribution in [2.75, 3.05) is 0 Å². The van der Waals surface area contributed by atoms with E-state index >= 15 is 0 Å². The molecular weight excluding hydrogens is 797 g/mol. The van der Waals surface area contributed by atoms with E-state index in [9.17, 15) is 18.8 Å². The van der Waals surface area contributed by atoms with Gasteiger partial charge in [0.15, 0.2) is 5.75 Å². The Kier molecular flexibility index (Phi) is 14.8.